The summed E-state index contributed by atoms with van der Waals surface area (Å²) in [6.07, 6.45) is 5.57. The van der Waals surface area contributed by atoms with Gasteiger partial charge in [-0.05, 0) is 61.6 Å². The molecule has 0 bridgehead atoms. The van der Waals surface area contributed by atoms with Crippen molar-refractivity contribution in [2.45, 2.75) is 19.3 Å². The summed E-state index contributed by atoms with van der Waals surface area (Å²) in [4.78, 5) is 33.3. The highest BCUT2D eigenvalue weighted by atomic mass is 19.1. The zero-order chi connectivity index (χ0) is 23.9. The van der Waals surface area contributed by atoms with E-state index in [1.807, 2.05) is 0 Å². The van der Waals surface area contributed by atoms with Gasteiger partial charge < -0.3 is 15.0 Å². The highest BCUT2D eigenvalue weighted by Gasteiger charge is 2.21. The number of non-ortho nitro benzene ring substituents is 1. The maximum atomic E-state index is 13.2. The van der Waals surface area contributed by atoms with Gasteiger partial charge in [0.15, 0.2) is 0 Å². The van der Waals surface area contributed by atoms with Crippen LogP contribution in [0.4, 0.5) is 20.7 Å². The molecule has 1 fully saturated rings. The molecule has 1 aromatic heterocycles. The number of benzene rings is 2. The maximum Gasteiger partial charge on any atom is 0.412 e. The SMILES string of the molecule is O=C(NCCC1CCN(c2cncc(-c3ccc(F)cc3)n2)CC1)Oc1ccc([N+](=O)[O-])cc1. The molecule has 0 unspecified atom stereocenters. The number of nitro groups is 1. The number of hydrogen-bond donors (Lipinski definition) is 1. The number of piperidine rings is 1. The Morgan fingerprint density at radius 3 is 2.50 bits per heavy atom. The van der Waals surface area contributed by atoms with E-state index in [2.05, 4.69) is 15.2 Å². The molecule has 9 nitrogen and oxygen atoms in total. The van der Waals surface area contributed by atoms with E-state index in [1.165, 1.54) is 36.4 Å². The first-order valence-corrected chi connectivity index (χ1v) is 11.0. The molecular formula is C24H24FN5O4. The third-order valence-corrected chi connectivity index (χ3v) is 5.78. The summed E-state index contributed by atoms with van der Waals surface area (Å²) in [5.74, 6) is 1.22. The predicted molar refractivity (Wildman–Crippen MR) is 124 cm³/mol. The zero-order valence-electron chi connectivity index (χ0n) is 18.4. The molecule has 0 radical (unpaired) electrons. The molecule has 1 amide bonds. The van der Waals surface area contributed by atoms with Crippen molar-refractivity contribution in [1.82, 2.24) is 15.3 Å². The van der Waals surface area contributed by atoms with Crippen molar-refractivity contribution in [3.8, 4) is 17.0 Å². The second-order valence-corrected chi connectivity index (χ2v) is 8.06. The molecule has 2 aromatic carbocycles. The lowest BCUT2D eigenvalue weighted by Gasteiger charge is -2.32. The average molecular weight is 465 g/mol. The number of nitrogens with one attached hydrogen (secondary N) is 1. The maximum absolute atomic E-state index is 13.2. The first kappa shape index (κ1) is 23.1. The number of anilines is 1. The Morgan fingerprint density at radius 1 is 1.12 bits per heavy atom. The summed E-state index contributed by atoms with van der Waals surface area (Å²) in [5, 5.41) is 13.4. The lowest BCUT2D eigenvalue weighted by atomic mass is 9.93. The van der Waals surface area contributed by atoms with Crippen molar-refractivity contribution < 1.29 is 18.8 Å². The van der Waals surface area contributed by atoms with Gasteiger partial charge in [0.2, 0.25) is 0 Å². The molecule has 1 saturated heterocycles. The molecule has 10 heteroatoms. The van der Waals surface area contributed by atoms with E-state index >= 15 is 0 Å². The number of halogens is 1. The number of carbonyl (C=O) groups is 1. The highest BCUT2D eigenvalue weighted by Crippen LogP contribution is 2.25. The lowest BCUT2D eigenvalue weighted by molar-refractivity contribution is -0.384. The van der Waals surface area contributed by atoms with Crippen LogP contribution in [0.1, 0.15) is 19.3 Å². The smallest absolute Gasteiger partial charge is 0.410 e. The van der Waals surface area contributed by atoms with Crippen LogP contribution >= 0.6 is 0 Å². The van der Waals surface area contributed by atoms with Crippen LogP contribution in [-0.4, -0.2) is 40.6 Å². The molecule has 1 aliphatic heterocycles. The third kappa shape index (κ3) is 6.03. The van der Waals surface area contributed by atoms with Crippen LogP contribution in [0.25, 0.3) is 11.3 Å². The fourth-order valence-corrected chi connectivity index (χ4v) is 3.88. The summed E-state index contributed by atoms with van der Waals surface area (Å²) in [7, 11) is 0. The second-order valence-electron chi connectivity index (χ2n) is 8.06. The summed E-state index contributed by atoms with van der Waals surface area (Å²) in [5.41, 5.74) is 1.46. The van der Waals surface area contributed by atoms with Crippen molar-refractivity contribution in [1.29, 1.82) is 0 Å². The van der Waals surface area contributed by atoms with Gasteiger partial charge in [-0.25, -0.2) is 14.2 Å². The quantitative estimate of drug-likeness (QED) is 0.401. The zero-order valence-corrected chi connectivity index (χ0v) is 18.4. The van der Waals surface area contributed by atoms with E-state index < -0.39 is 11.0 Å². The van der Waals surface area contributed by atoms with E-state index in [4.69, 9.17) is 9.72 Å². The molecule has 34 heavy (non-hydrogen) atoms. The molecule has 1 N–H and O–H groups in total. The number of hydrogen-bond acceptors (Lipinski definition) is 7. The van der Waals surface area contributed by atoms with Gasteiger partial charge in [0.25, 0.3) is 5.69 Å². The van der Waals surface area contributed by atoms with E-state index in [-0.39, 0.29) is 17.3 Å². The van der Waals surface area contributed by atoms with Crippen LogP contribution in [-0.2, 0) is 0 Å². The van der Waals surface area contributed by atoms with Crippen molar-refractivity contribution in [2.24, 2.45) is 5.92 Å². The van der Waals surface area contributed by atoms with Gasteiger partial charge in [-0.2, -0.15) is 0 Å². The molecule has 3 aromatic rings. The fraction of sp³-hybridized carbons (Fsp3) is 0.292. The number of ether oxygens (including phenoxy) is 1. The third-order valence-electron chi connectivity index (χ3n) is 5.78. The normalized spacial score (nSPS) is 14.0. The number of amides is 1. The standard InChI is InChI=1S/C24H24FN5O4/c25-19-3-1-18(2-4-19)22-15-26-16-23(28-22)29-13-10-17(11-14-29)9-12-27-24(31)34-21-7-5-20(6-8-21)30(32)33/h1-8,15-17H,9-14H2,(H,27,31). The van der Waals surface area contributed by atoms with E-state index in [9.17, 15) is 19.3 Å². The molecule has 0 aliphatic carbocycles. The topological polar surface area (TPSA) is 110 Å². The minimum absolute atomic E-state index is 0.0627. The number of nitro benzene ring substituents is 1. The van der Waals surface area contributed by atoms with Gasteiger partial charge in [-0.1, -0.05) is 0 Å². The van der Waals surface area contributed by atoms with E-state index in [1.54, 1.807) is 24.5 Å². The first-order valence-electron chi connectivity index (χ1n) is 11.0. The first-order chi connectivity index (χ1) is 16.5. The van der Waals surface area contributed by atoms with Crippen molar-refractivity contribution in [3.05, 3.63) is 76.9 Å². The van der Waals surface area contributed by atoms with Crippen molar-refractivity contribution in [3.63, 3.8) is 0 Å². The number of rotatable bonds is 7. The molecular weight excluding hydrogens is 441 g/mol. The summed E-state index contributed by atoms with van der Waals surface area (Å²) < 4.78 is 18.3. The van der Waals surface area contributed by atoms with Crippen molar-refractivity contribution >= 4 is 17.6 Å². The van der Waals surface area contributed by atoms with Crippen LogP contribution in [0, 0.1) is 21.8 Å². The average Bonchev–Trinajstić information content (AvgIpc) is 2.85. The highest BCUT2D eigenvalue weighted by molar-refractivity contribution is 5.70. The molecule has 2 heterocycles. The van der Waals surface area contributed by atoms with Gasteiger partial charge in [0.05, 0.1) is 23.0 Å². The fourth-order valence-electron chi connectivity index (χ4n) is 3.88. The Balaban J connectivity index is 1.21. The molecule has 176 valence electrons. The van der Waals surface area contributed by atoms with Crippen LogP contribution in [0.15, 0.2) is 60.9 Å². The van der Waals surface area contributed by atoms with E-state index in [0.29, 0.717) is 18.2 Å². The molecule has 0 spiro atoms. The predicted octanol–water partition coefficient (Wildman–Crippen LogP) is 4.59. The van der Waals surface area contributed by atoms with Gasteiger partial charge in [-0.3, -0.25) is 15.1 Å². The Labute approximate surface area is 195 Å². The van der Waals surface area contributed by atoms with Crippen LogP contribution in [0.3, 0.4) is 0 Å². The molecule has 0 saturated carbocycles. The molecule has 1 aliphatic rings. The molecule has 0 atom stereocenters. The van der Waals surface area contributed by atoms with Crippen LogP contribution in [0.5, 0.6) is 5.75 Å². The number of aromatic nitrogens is 2. The largest absolute Gasteiger partial charge is 0.412 e. The summed E-state index contributed by atoms with van der Waals surface area (Å²) in [6, 6.07) is 11.6. The van der Waals surface area contributed by atoms with Gasteiger partial charge in [0.1, 0.15) is 17.4 Å². The van der Waals surface area contributed by atoms with Gasteiger partial charge in [0, 0.05) is 37.3 Å². The Morgan fingerprint density at radius 2 is 1.82 bits per heavy atom. The van der Waals surface area contributed by atoms with Gasteiger partial charge >= 0.3 is 6.09 Å². The molecule has 4 rings (SSSR count). The monoisotopic (exact) mass is 465 g/mol. The Kier molecular flexibility index (Phi) is 7.26. The number of nitrogens with zero attached hydrogens (tertiary/aromatic N) is 4. The van der Waals surface area contributed by atoms with Crippen molar-refractivity contribution in [2.75, 3.05) is 24.5 Å². The summed E-state index contributed by atoms with van der Waals surface area (Å²) in [6.45, 7) is 2.15. The van der Waals surface area contributed by atoms with Gasteiger partial charge in [-0.15, -0.1) is 0 Å². The lowest BCUT2D eigenvalue weighted by Crippen LogP contribution is -2.36. The second kappa shape index (κ2) is 10.7. The number of carbonyl (C=O) groups excluding carboxylic acids is 1. The minimum atomic E-state index is -0.584. The Hall–Kier alpha value is -4.08. The Bertz CT molecular complexity index is 1130. The van der Waals surface area contributed by atoms with Crippen LogP contribution < -0.4 is 15.0 Å². The summed E-state index contributed by atoms with van der Waals surface area (Å²) >= 11 is 0. The van der Waals surface area contributed by atoms with Crippen LogP contribution in [0.2, 0.25) is 0 Å². The van der Waals surface area contributed by atoms with E-state index in [0.717, 1.165) is 43.7 Å². The minimum Gasteiger partial charge on any atom is -0.410 e.